The topological polar surface area (TPSA) is 47.6 Å². The minimum Gasteiger partial charge on any atom is -0.493 e. The van der Waals surface area contributed by atoms with Gasteiger partial charge in [0.15, 0.2) is 11.5 Å². The van der Waals surface area contributed by atoms with Crippen LogP contribution in [0.3, 0.4) is 0 Å². The third-order valence-corrected chi connectivity index (χ3v) is 5.17. The number of rotatable bonds is 6. The van der Waals surface area contributed by atoms with Crippen molar-refractivity contribution in [1.82, 2.24) is 5.32 Å². The predicted molar refractivity (Wildman–Crippen MR) is 85.2 cm³/mol. The van der Waals surface area contributed by atoms with Gasteiger partial charge in [0, 0.05) is 12.5 Å². The summed E-state index contributed by atoms with van der Waals surface area (Å²) in [6.07, 6.45) is 6.43. The first-order chi connectivity index (χ1) is 10.7. The Bertz CT molecular complexity index is 543. The Morgan fingerprint density at radius 3 is 2.64 bits per heavy atom. The van der Waals surface area contributed by atoms with Gasteiger partial charge in [-0.3, -0.25) is 4.79 Å². The van der Waals surface area contributed by atoms with E-state index in [1.807, 2.05) is 18.2 Å². The predicted octanol–water partition coefficient (Wildman–Crippen LogP) is 2.94. The van der Waals surface area contributed by atoms with E-state index in [9.17, 15) is 4.79 Å². The molecule has 1 amide bonds. The Morgan fingerprint density at radius 2 is 2.00 bits per heavy atom. The monoisotopic (exact) mass is 303 g/mol. The van der Waals surface area contributed by atoms with E-state index in [-0.39, 0.29) is 5.91 Å². The zero-order valence-electron chi connectivity index (χ0n) is 13.4. The lowest BCUT2D eigenvalue weighted by Gasteiger charge is -2.22. The van der Waals surface area contributed by atoms with Crippen molar-refractivity contribution in [2.24, 2.45) is 11.8 Å². The van der Waals surface area contributed by atoms with Crippen LogP contribution in [-0.2, 0) is 11.2 Å². The molecule has 1 aromatic carbocycles. The number of fused-ring (bicyclic) bond motifs is 2. The minimum atomic E-state index is 0.173. The first kappa shape index (κ1) is 15.2. The molecule has 0 unspecified atom stereocenters. The highest BCUT2D eigenvalue weighted by Gasteiger charge is 2.39. The third kappa shape index (κ3) is 3.21. The molecule has 4 heteroatoms. The van der Waals surface area contributed by atoms with Gasteiger partial charge in [-0.2, -0.15) is 0 Å². The molecule has 2 aliphatic rings. The molecule has 22 heavy (non-hydrogen) atoms. The number of nitrogens with one attached hydrogen (secondary N) is 1. The van der Waals surface area contributed by atoms with Gasteiger partial charge in [-0.15, -0.1) is 0 Å². The number of aryl methyl sites for hydroxylation is 1. The number of ether oxygens (including phenoxy) is 2. The molecule has 3 atom stereocenters. The van der Waals surface area contributed by atoms with Crippen LogP contribution in [0.5, 0.6) is 11.5 Å². The van der Waals surface area contributed by atoms with E-state index in [0.29, 0.717) is 18.2 Å². The molecule has 0 radical (unpaired) electrons. The molecular weight excluding hydrogens is 278 g/mol. The van der Waals surface area contributed by atoms with Crippen LogP contribution in [-0.4, -0.2) is 26.2 Å². The maximum atomic E-state index is 12.2. The minimum absolute atomic E-state index is 0.173. The zero-order chi connectivity index (χ0) is 15.5. The average molecular weight is 303 g/mol. The lowest BCUT2D eigenvalue weighted by atomic mass is 9.95. The number of hydrogen-bond donors (Lipinski definition) is 1. The normalized spacial score (nSPS) is 26.0. The second-order valence-corrected chi connectivity index (χ2v) is 6.54. The summed E-state index contributed by atoms with van der Waals surface area (Å²) in [6, 6.07) is 6.26. The number of carbonyl (C=O) groups excluding carboxylic acids is 1. The van der Waals surface area contributed by atoms with Crippen LogP contribution < -0.4 is 14.8 Å². The van der Waals surface area contributed by atoms with Crippen LogP contribution in [0.15, 0.2) is 18.2 Å². The lowest BCUT2D eigenvalue weighted by molar-refractivity contribution is -0.122. The van der Waals surface area contributed by atoms with Crippen LogP contribution in [0.25, 0.3) is 0 Å². The third-order valence-electron chi connectivity index (χ3n) is 5.17. The highest BCUT2D eigenvalue weighted by atomic mass is 16.5. The van der Waals surface area contributed by atoms with E-state index in [2.05, 4.69) is 5.32 Å². The van der Waals surface area contributed by atoms with E-state index in [1.165, 1.54) is 25.7 Å². The van der Waals surface area contributed by atoms with Gasteiger partial charge in [0.1, 0.15) is 0 Å². The molecular formula is C18H25NO3. The largest absolute Gasteiger partial charge is 0.493 e. The van der Waals surface area contributed by atoms with Crippen molar-refractivity contribution in [3.8, 4) is 11.5 Å². The van der Waals surface area contributed by atoms with Crippen LogP contribution in [0.2, 0.25) is 0 Å². The zero-order valence-corrected chi connectivity index (χ0v) is 13.4. The van der Waals surface area contributed by atoms with Crippen molar-refractivity contribution >= 4 is 5.91 Å². The maximum absolute atomic E-state index is 12.2. The second-order valence-electron chi connectivity index (χ2n) is 6.54. The highest BCUT2D eigenvalue weighted by Crippen LogP contribution is 2.44. The standard InChI is InChI=1S/C18H25NO3/c1-21-16-7-4-12(11-17(16)22-2)5-8-18(20)19-15-10-13-3-6-14(15)9-13/h4,7,11,13-15H,3,5-6,8-10H2,1-2H3,(H,19,20)/t13-,14+,15-/m0/s1. The Morgan fingerprint density at radius 1 is 1.18 bits per heavy atom. The molecule has 120 valence electrons. The van der Waals surface area contributed by atoms with Crippen LogP contribution in [0, 0.1) is 11.8 Å². The van der Waals surface area contributed by atoms with Crippen molar-refractivity contribution in [2.75, 3.05) is 14.2 Å². The first-order valence-corrected chi connectivity index (χ1v) is 8.20. The van der Waals surface area contributed by atoms with Crippen LogP contribution in [0.1, 0.15) is 37.7 Å². The molecule has 3 rings (SSSR count). The van der Waals surface area contributed by atoms with E-state index >= 15 is 0 Å². The first-order valence-electron chi connectivity index (χ1n) is 8.20. The molecule has 2 fully saturated rings. The molecule has 0 heterocycles. The summed E-state index contributed by atoms with van der Waals surface area (Å²) in [5.41, 5.74) is 1.10. The van der Waals surface area contributed by atoms with Gasteiger partial charge in [0.2, 0.25) is 5.91 Å². The van der Waals surface area contributed by atoms with Gasteiger partial charge in [-0.25, -0.2) is 0 Å². The molecule has 0 aliphatic heterocycles. The summed E-state index contributed by atoms with van der Waals surface area (Å²) in [7, 11) is 3.25. The Kier molecular flexibility index (Phi) is 4.55. The van der Waals surface area contributed by atoms with Gasteiger partial charge in [0.25, 0.3) is 0 Å². The van der Waals surface area contributed by atoms with Gasteiger partial charge in [-0.05, 0) is 55.2 Å². The van der Waals surface area contributed by atoms with Crippen molar-refractivity contribution < 1.29 is 14.3 Å². The van der Waals surface area contributed by atoms with Crippen LogP contribution >= 0.6 is 0 Å². The maximum Gasteiger partial charge on any atom is 0.220 e. The molecule has 2 aliphatic carbocycles. The number of carbonyl (C=O) groups is 1. The van der Waals surface area contributed by atoms with Gasteiger partial charge < -0.3 is 14.8 Å². The fourth-order valence-corrected chi connectivity index (χ4v) is 3.99. The van der Waals surface area contributed by atoms with Crippen molar-refractivity contribution in [3.05, 3.63) is 23.8 Å². The highest BCUT2D eigenvalue weighted by molar-refractivity contribution is 5.76. The molecule has 1 N–H and O–H groups in total. The molecule has 1 aromatic rings. The van der Waals surface area contributed by atoms with Gasteiger partial charge in [-0.1, -0.05) is 12.5 Å². The number of methoxy groups -OCH3 is 2. The quantitative estimate of drug-likeness (QED) is 0.879. The fraction of sp³-hybridized carbons (Fsp3) is 0.611. The Balaban J connectivity index is 1.50. The van der Waals surface area contributed by atoms with Gasteiger partial charge in [0.05, 0.1) is 14.2 Å². The number of hydrogen-bond acceptors (Lipinski definition) is 3. The number of amides is 1. The molecule has 0 spiro atoms. The van der Waals surface area contributed by atoms with Crippen molar-refractivity contribution in [1.29, 1.82) is 0 Å². The Hall–Kier alpha value is -1.71. The molecule has 2 saturated carbocycles. The summed E-state index contributed by atoms with van der Waals surface area (Å²) in [6.45, 7) is 0. The second kappa shape index (κ2) is 6.59. The summed E-state index contributed by atoms with van der Waals surface area (Å²) in [5.74, 6) is 3.20. The summed E-state index contributed by atoms with van der Waals surface area (Å²) in [4.78, 5) is 12.2. The summed E-state index contributed by atoms with van der Waals surface area (Å²) in [5, 5.41) is 3.24. The molecule has 0 aromatic heterocycles. The van der Waals surface area contributed by atoms with E-state index in [4.69, 9.17) is 9.47 Å². The molecule has 0 saturated heterocycles. The van der Waals surface area contributed by atoms with E-state index in [0.717, 1.165) is 29.6 Å². The van der Waals surface area contributed by atoms with Gasteiger partial charge >= 0.3 is 0 Å². The molecule has 2 bridgehead atoms. The number of benzene rings is 1. The lowest BCUT2D eigenvalue weighted by Crippen LogP contribution is -2.38. The fourth-order valence-electron chi connectivity index (χ4n) is 3.99. The smallest absolute Gasteiger partial charge is 0.220 e. The van der Waals surface area contributed by atoms with Crippen LogP contribution in [0.4, 0.5) is 0 Å². The Labute approximate surface area is 132 Å². The average Bonchev–Trinajstić information content (AvgIpc) is 3.15. The SMILES string of the molecule is COc1ccc(CCC(=O)N[C@H]2C[C@H]3CC[C@@H]2C3)cc1OC. The summed E-state index contributed by atoms with van der Waals surface area (Å²) < 4.78 is 10.5. The summed E-state index contributed by atoms with van der Waals surface area (Å²) >= 11 is 0. The molecule has 4 nitrogen and oxygen atoms in total. The van der Waals surface area contributed by atoms with E-state index in [1.54, 1.807) is 14.2 Å². The van der Waals surface area contributed by atoms with Crippen molar-refractivity contribution in [2.45, 2.75) is 44.6 Å². The van der Waals surface area contributed by atoms with Crippen molar-refractivity contribution in [3.63, 3.8) is 0 Å². The van der Waals surface area contributed by atoms with E-state index < -0.39 is 0 Å².